The Morgan fingerprint density at radius 3 is 1.75 bits per heavy atom. The van der Waals surface area contributed by atoms with Crippen LogP contribution in [0.3, 0.4) is 0 Å². The zero-order valence-corrected chi connectivity index (χ0v) is 50.0. The molecule has 0 aliphatic heterocycles. The molecule has 6 rings (SSSR count). The third kappa shape index (κ3) is 40.3. The van der Waals surface area contributed by atoms with Crippen LogP contribution in [0.15, 0.2) is 67.3 Å². The molecule has 2 aliphatic rings. The fourth-order valence-electron chi connectivity index (χ4n) is 7.50. The van der Waals surface area contributed by atoms with Gasteiger partial charge in [0.15, 0.2) is 0 Å². The second kappa shape index (κ2) is 43.9. The SMILES string of the molecule is CC(C)CNCCO.CC(C)COC1CC2(CC(N)C2)C1.CC(C)COCC(O)CN.CC(C)COc1ccc(CCN)cc1.CC(C)COc1cccc(CN)c1.CC(C)Cc1cn[nH]n1.CC(C)Cc1cnc[nH]1. The molecule has 2 aromatic carbocycles. The van der Waals surface area contributed by atoms with Crippen molar-refractivity contribution in [2.24, 2.45) is 69.8 Å². The van der Waals surface area contributed by atoms with Crippen LogP contribution < -0.4 is 37.7 Å². The number of hydrogen-bond donors (Lipinski definition) is 9. The summed E-state index contributed by atoms with van der Waals surface area (Å²) in [5.41, 5.74) is 27.2. The number of H-pyrrole nitrogens is 2. The zero-order chi connectivity index (χ0) is 57.3. The predicted molar refractivity (Wildman–Crippen MR) is 315 cm³/mol. The van der Waals surface area contributed by atoms with E-state index in [1.807, 2.05) is 42.6 Å². The summed E-state index contributed by atoms with van der Waals surface area (Å²) < 4.78 is 22.0. The highest BCUT2D eigenvalue weighted by Crippen LogP contribution is 2.56. The van der Waals surface area contributed by atoms with Gasteiger partial charge in [0.05, 0.1) is 56.9 Å². The second-order valence-electron chi connectivity index (χ2n) is 23.2. The van der Waals surface area contributed by atoms with Gasteiger partial charge >= 0.3 is 0 Å². The van der Waals surface area contributed by atoms with E-state index in [4.69, 9.17) is 52.1 Å². The van der Waals surface area contributed by atoms with Gasteiger partial charge in [0.1, 0.15) is 11.5 Å². The van der Waals surface area contributed by atoms with Crippen LogP contribution >= 0.6 is 0 Å². The number of aliphatic hydroxyl groups is 2. The number of nitrogens with zero attached hydrogens (tertiary/aromatic N) is 3. The minimum Gasteiger partial charge on any atom is -0.493 e. The molecule has 4 aromatic rings. The molecular weight excluding hydrogens is 957 g/mol. The number of aromatic amines is 2. The molecule has 2 aliphatic carbocycles. The molecule has 1 unspecified atom stereocenters. The Balaban J connectivity index is 0.000000872. The van der Waals surface area contributed by atoms with Gasteiger partial charge in [-0.15, -0.1) is 0 Å². The van der Waals surface area contributed by atoms with Crippen molar-refractivity contribution in [3.63, 3.8) is 0 Å². The monoisotopic (exact) mass is 1070 g/mol. The fraction of sp³-hybridized carbons (Fsp3) is 0.717. The quantitative estimate of drug-likeness (QED) is 0.0280. The predicted octanol–water partition coefficient (Wildman–Crippen LogP) is 9.15. The summed E-state index contributed by atoms with van der Waals surface area (Å²) in [6.07, 6.45) is 13.5. The second-order valence-corrected chi connectivity index (χ2v) is 23.2. The van der Waals surface area contributed by atoms with Crippen LogP contribution in [0.2, 0.25) is 0 Å². The Morgan fingerprint density at radius 2 is 1.29 bits per heavy atom. The number of aliphatic hydroxyl groups excluding tert-OH is 2. The molecule has 16 heteroatoms. The topological polar surface area (TPSA) is 264 Å². The first-order chi connectivity index (χ1) is 36.0. The average molecular weight is 1070 g/mol. The van der Waals surface area contributed by atoms with E-state index >= 15 is 0 Å². The van der Waals surface area contributed by atoms with Crippen LogP contribution in [0.25, 0.3) is 0 Å². The summed E-state index contributed by atoms with van der Waals surface area (Å²) >= 11 is 0. The molecule has 1 atom stereocenters. The maximum absolute atomic E-state index is 8.92. The van der Waals surface area contributed by atoms with Gasteiger partial charge in [-0.2, -0.15) is 15.4 Å². The molecule has 0 radical (unpaired) electrons. The molecule has 0 amide bonds. The lowest BCUT2D eigenvalue weighted by atomic mass is 9.53. The first kappa shape index (κ1) is 72.0. The van der Waals surface area contributed by atoms with Crippen molar-refractivity contribution < 1.29 is 29.2 Å². The van der Waals surface area contributed by atoms with Gasteiger partial charge in [-0.05, 0) is 140 Å². The van der Waals surface area contributed by atoms with Crippen LogP contribution in [0.4, 0.5) is 0 Å². The van der Waals surface area contributed by atoms with Crippen LogP contribution in [-0.2, 0) is 35.3 Å². The van der Waals surface area contributed by atoms with E-state index in [9.17, 15) is 0 Å². The lowest BCUT2D eigenvalue weighted by molar-refractivity contribution is -0.128. The summed E-state index contributed by atoms with van der Waals surface area (Å²) in [5, 5.41) is 30.5. The third-order valence-corrected chi connectivity index (χ3v) is 11.2. The molecule has 76 heavy (non-hydrogen) atoms. The van der Waals surface area contributed by atoms with Gasteiger partial charge < -0.3 is 62.4 Å². The maximum atomic E-state index is 8.92. The maximum Gasteiger partial charge on any atom is 0.119 e. The number of aromatic nitrogens is 5. The number of rotatable bonds is 25. The van der Waals surface area contributed by atoms with Crippen molar-refractivity contribution in [1.82, 2.24) is 30.7 Å². The highest BCUT2D eigenvalue weighted by Gasteiger charge is 2.52. The lowest BCUT2D eigenvalue weighted by Gasteiger charge is -2.56. The Kier molecular flexibility index (Phi) is 41.7. The summed E-state index contributed by atoms with van der Waals surface area (Å²) in [6, 6.07) is 16.6. The number of hydrogen-bond acceptors (Lipinski definition) is 14. The van der Waals surface area contributed by atoms with Crippen LogP contribution in [0.1, 0.15) is 145 Å². The first-order valence-corrected chi connectivity index (χ1v) is 28.3. The number of benzene rings is 2. The van der Waals surface area contributed by atoms with E-state index in [0.717, 1.165) is 74.9 Å². The molecule has 2 fully saturated rings. The number of ether oxygens (including phenoxy) is 4. The molecule has 0 saturated heterocycles. The van der Waals surface area contributed by atoms with Gasteiger partial charge in [-0.1, -0.05) is 121 Å². The highest BCUT2D eigenvalue weighted by molar-refractivity contribution is 5.28. The Labute approximate surface area is 461 Å². The van der Waals surface area contributed by atoms with Gasteiger partial charge in [-0.3, -0.25) is 0 Å². The van der Waals surface area contributed by atoms with E-state index in [0.29, 0.717) is 85.3 Å². The van der Waals surface area contributed by atoms with Gasteiger partial charge in [0.25, 0.3) is 0 Å². The largest absolute Gasteiger partial charge is 0.493 e. The highest BCUT2D eigenvalue weighted by atomic mass is 16.5. The average Bonchev–Trinajstić information content (AvgIpc) is 4.07. The molecule has 0 bridgehead atoms. The number of nitrogens with one attached hydrogen (secondary N) is 3. The van der Waals surface area contributed by atoms with Gasteiger partial charge in [0.2, 0.25) is 0 Å². The molecular formula is C60H112N10O6. The van der Waals surface area contributed by atoms with Crippen molar-refractivity contribution in [2.75, 3.05) is 65.8 Å². The smallest absolute Gasteiger partial charge is 0.119 e. The Morgan fingerprint density at radius 1 is 0.684 bits per heavy atom. The summed E-state index contributed by atoms with van der Waals surface area (Å²) in [4.78, 5) is 6.98. The van der Waals surface area contributed by atoms with E-state index < -0.39 is 6.10 Å². The third-order valence-electron chi connectivity index (χ3n) is 11.2. The summed E-state index contributed by atoms with van der Waals surface area (Å²) in [5.74, 6) is 6.23. The number of imidazole rings is 1. The molecule has 16 nitrogen and oxygen atoms in total. The molecule has 438 valence electrons. The molecule has 2 saturated carbocycles. The molecule has 13 N–H and O–H groups in total. The van der Waals surface area contributed by atoms with E-state index in [1.54, 1.807) is 12.5 Å². The van der Waals surface area contributed by atoms with E-state index in [-0.39, 0.29) is 13.2 Å². The van der Waals surface area contributed by atoms with Crippen molar-refractivity contribution in [2.45, 2.75) is 167 Å². The van der Waals surface area contributed by atoms with Crippen molar-refractivity contribution >= 4 is 0 Å². The van der Waals surface area contributed by atoms with Gasteiger partial charge in [0, 0.05) is 50.8 Å². The Bertz CT molecular complexity index is 1810. The van der Waals surface area contributed by atoms with Crippen LogP contribution in [0.5, 0.6) is 11.5 Å². The summed E-state index contributed by atoms with van der Waals surface area (Å²) in [7, 11) is 0. The molecule has 2 aromatic heterocycles. The summed E-state index contributed by atoms with van der Waals surface area (Å²) in [6.45, 7) is 37.1. The first-order valence-electron chi connectivity index (χ1n) is 28.3. The van der Waals surface area contributed by atoms with Crippen molar-refractivity contribution in [3.8, 4) is 11.5 Å². The van der Waals surface area contributed by atoms with E-state index in [2.05, 4.69) is 140 Å². The van der Waals surface area contributed by atoms with Crippen molar-refractivity contribution in [3.05, 3.63) is 89.8 Å². The number of nitrogens with two attached hydrogens (primary N) is 4. The van der Waals surface area contributed by atoms with Crippen LogP contribution in [-0.4, -0.2) is 120 Å². The van der Waals surface area contributed by atoms with Crippen molar-refractivity contribution in [1.29, 1.82) is 0 Å². The zero-order valence-electron chi connectivity index (χ0n) is 50.0. The molecule has 2 heterocycles. The normalized spacial score (nSPS) is 16.6. The lowest BCUT2D eigenvalue weighted by Crippen LogP contribution is -2.55. The van der Waals surface area contributed by atoms with Gasteiger partial charge in [-0.25, -0.2) is 4.98 Å². The fourth-order valence-corrected chi connectivity index (χ4v) is 7.50. The minimum absolute atomic E-state index is 0.243. The van der Waals surface area contributed by atoms with Crippen LogP contribution in [0, 0.1) is 46.8 Å². The standard InChI is InChI=1S/C12H19NO.C11H21NO.C11H17NO.C7H12N2.C7H17NO2.C6H11N3.C6H15NO/c1-10(2)9-14-12-5-3-11(4-6-12)7-8-13;1-8(2)7-13-10-5-11(6-10)3-9(12)4-11;1-9(2)8-13-11-5-3-4-10(6-11)7-12;1-6(2)3-7-4-8-5-9-7;1-6(2)4-10-5-7(9)3-8;1-5(2)3-6-4-7-9-8-6;1-6(2)5-7-3-4-8/h3-6,10H,7-9,13H2,1-2H3;8-10H,3-7,12H2,1-2H3;3-6,9H,7-8,12H2,1-2H3;4-6H,3H2,1-2H3,(H,8,9);6-7,9H,3-5,8H2,1-2H3;4-5H,3H2,1-2H3,(H,7,8,9);6-8H,3-5H2,1-2H3. The Hall–Kier alpha value is -3.97. The minimum atomic E-state index is -0.501. The van der Waals surface area contributed by atoms with E-state index in [1.165, 1.54) is 36.9 Å². The molecule has 1 spiro atoms.